The van der Waals surface area contributed by atoms with Crippen molar-refractivity contribution in [2.75, 3.05) is 0 Å². The van der Waals surface area contributed by atoms with Crippen molar-refractivity contribution in [2.24, 2.45) is 0 Å². The van der Waals surface area contributed by atoms with Crippen LogP contribution >= 0.6 is 23.4 Å². The van der Waals surface area contributed by atoms with Crippen LogP contribution in [0.5, 0.6) is 0 Å². The number of benzene rings is 2. The van der Waals surface area contributed by atoms with Crippen LogP contribution in [0, 0.1) is 5.82 Å². The quantitative estimate of drug-likeness (QED) is 0.263. The van der Waals surface area contributed by atoms with Crippen LogP contribution in [0.15, 0.2) is 57.7 Å². The van der Waals surface area contributed by atoms with E-state index in [4.69, 9.17) is 11.6 Å². The number of imidazole rings is 1. The van der Waals surface area contributed by atoms with Gasteiger partial charge in [0.15, 0.2) is 5.16 Å². The Hall–Kier alpha value is -2.97. The third-order valence-corrected chi connectivity index (χ3v) is 5.23. The van der Waals surface area contributed by atoms with Crippen molar-refractivity contribution in [3.8, 4) is 0 Å². The van der Waals surface area contributed by atoms with E-state index in [-0.39, 0.29) is 10.8 Å². The highest BCUT2D eigenvalue weighted by Crippen LogP contribution is 2.35. The molecule has 2 aromatic carbocycles. The Kier molecular flexibility index (Phi) is 3.63. The molecule has 0 atom stereocenters. The fourth-order valence-electron chi connectivity index (χ4n) is 3.15. The molecule has 6 nitrogen and oxygen atoms in total. The van der Waals surface area contributed by atoms with E-state index in [1.807, 2.05) is 0 Å². The van der Waals surface area contributed by atoms with E-state index < -0.39 is 5.82 Å². The van der Waals surface area contributed by atoms with Crippen molar-refractivity contribution in [2.45, 2.75) is 10.2 Å². The largest absolute Gasteiger partial charge is 0.332 e. The minimum Gasteiger partial charge on any atom is -0.332 e. The van der Waals surface area contributed by atoms with Crippen molar-refractivity contribution in [3.63, 3.8) is 0 Å². The van der Waals surface area contributed by atoms with Crippen LogP contribution in [-0.4, -0.2) is 24.9 Å². The Labute approximate surface area is 159 Å². The number of rotatable bonds is 2. The van der Waals surface area contributed by atoms with Gasteiger partial charge in [-0.2, -0.15) is 0 Å². The number of H-pyrrole nitrogens is 2. The number of pyridine rings is 1. The predicted molar refractivity (Wildman–Crippen MR) is 103 cm³/mol. The lowest BCUT2D eigenvalue weighted by Gasteiger charge is -2.05. The highest BCUT2D eigenvalue weighted by atomic mass is 35.5. The summed E-state index contributed by atoms with van der Waals surface area (Å²) in [5, 5.41) is 3.67. The molecule has 0 aliphatic carbocycles. The average molecular weight is 398 g/mol. The molecule has 2 N–H and O–H groups in total. The lowest BCUT2D eigenvalue weighted by atomic mass is 10.0. The van der Waals surface area contributed by atoms with E-state index in [2.05, 4.69) is 24.9 Å². The molecular formula is C18H9ClFN5OS. The van der Waals surface area contributed by atoms with Gasteiger partial charge in [0.05, 0.1) is 16.4 Å². The monoisotopic (exact) mass is 397 g/mol. The van der Waals surface area contributed by atoms with Crippen molar-refractivity contribution < 1.29 is 4.39 Å². The lowest BCUT2D eigenvalue weighted by Crippen LogP contribution is -2.05. The topological polar surface area (TPSA) is 87.3 Å². The van der Waals surface area contributed by atoms with Gasteiger partial charge in [0.25, 0.3) is 5.56 Å². The first-order valence-electron chi connectivity index (χ1n) is 7.89. The van der Waals surface area contributed by atoms with E-state index in [0.29, 0.717) is 31.9 Å². The Morgan fingerprint density at radius 1 is 1.07 bits per heavy atom. The summed E-state index contributed by atoms with van der Waals surface area (Å²) in [6.07, 6.45) is 3.12. The molecule has 0 amide bonds. The second kappa shape index (κ2) is 6.04. The van der Waals surface area contributed by atoms with Crippen molar-refractivity contribution >= 4 is 55.9 Å². The second-order valence-corrected chi connectivity index (χ2v) is 7.16. The van der Waals surface area contributed by atoms with Crippen LogP contribution in [0.25, 0.3) is 32.6 Å². The van der Waals surface area contributed by atoms with Crippen LogP contribution in [-0.2, 0) is 0 Å². The zero-order valence-electron chi connectivity index (χ0n) is 13.5. The van der Waals surface area contributed by atoms with Crippen molar-refractivity contribution in [1.82, 2.24) is 24.9 Å². The number of nitrogens with zero attached hydrogens (tertiary/aromatic N) is 3. The fourth-order valence-corrected chi connectivity index (χ4v) is 4.10. The highest BCUT2D eigenvalue weighted by molar-refractivity contribution is 7.99. The van der Waals surface area contributed by atoms with Gasteiger partial charge in [0.1, 0.15) is 10.8 Å². The second-order valence-electron chi connectivity index (χ2n) is 5.82. The molecule has 5 aromatic rings. The van der Waals surface area contributed by atoms with Gasteiger partial charge in [0, 0.05) is 28.6 Å². The molecule has 9 heteroatoms. The molecule has 0 unspecified atom stereocenters. The smallest absolute Gasteiger partial charge is 0.256 e. The van der Waals surface area contributed by atoms with Gasteiger partial charge in [0.2, 0.25) is 5.28 Å². The summed E-state index contributed by atoms with van der Waals surface area (Å²) in [6, 6.07) is 7.86. The molecule has 132 valence electrons. The Morgan fingerprint density at radius 3 is 2.81 bits per heavy atom. The normalized spacial score (nSPS) is 11.6. The summed E-state index contributed by atoms with van der Waals surface area (Å²) >= 11 is 7.13. The zero-order valence-corrected chi connectivity index (χ0v) is 15.0. The van der Waals surface area contributed by atoms with E-state index in [9.17, 15) is 9.18 Å². The number of aromatic amines is 2. The van der Waals surface area contributed by atoms with E-state index in [1.165, 1.54) is 23.9 Å². The standard InChI is InChI=1S/C18H9ClFN5OS/c19-17-22-6-4-12(23-17)27-18-24-14-9-2-1-8(20)7-11(9)13-10(15(14)25-18)3-5-21-16(13)26/h1-7H,(H,21,26)(H,24,25). The van der Waals surface area contributed by atoms with Crippen LogP contribution in [0.3, 0.4) is 0 Å². The molecule has 27 heavy (non-hydrogen) atoms. The Balaban J connectivity index is 1.84. The summed E-state index contributed by atoms with van der Waals surface area (Å²) in [5.74, 6) is -0.406. The molecule has 5 rings (SSSR count). The SMILES string of the molecule is O=c1[nH]ccc2c3nc(Sc4ccnc(Cl)n4)[nH]c3c3ccc(F)cc3c12. The van der Waals surface area contributed by atoms with Gasteiger partial charge in [-0.15, -0.1) is 0 Å². The van der Waals surface area contributed by atoms with Crippen LogP contribution in [0.2, 0.25) is 5.28 Å². The molecule has 0 aliphatic heterocycles. The van der Waals surface area contributed by atoms with Crippen molar-refractivity contribution in [3.05, 3.63) is 64.2 Å². The van der Waals surface area contributed by atoms with Gasteiger partial charge in [-0.25, -0.2) is 19.3 Å². The molecule has 0 saturated carbocycles. The number of fused-ring (bicyclic) bond motifs is 6. The first kappa shape index (κ1) is 16.2. The molecule has 3 heterocycles. The van der Waals surface area contributed by atoms with E-state index in [1.54, 1.807) is 30.6 Å². The number of hydrogen-bond acceptors (Lipinski definition) is 5. The maximum absolute atomic E-state index is 13.9. The molecule has 0 aliphatic rings. The van der Waals surface area contributed by atoms with E-state index >= 15 is 0 Å². The van der Waals surface area contributed by atoms with Gasteiger partial charge in [-0.3, -0.25) is 4.79 Å². The van der Waals surface area contributed by atoms with Gasteiger partial charge in [-0.1, -0.05) is 0 Å². The zero-order chi connectivity index (χ0) is 18.5. The van der Waals surface area contributed by atoms with E-state index in [0.717, 1.165) is 10.9 Å². The minimum atomic E-state index is -0.406. The summed E-state index contributed by atoms with van der Waals surface area (Å²) in [5.41, 5.74) is 1.08. The third-order valence-electron chi connectivity index (χ3n) is 4.22. The number of halogens is 2. The van der Waals surface area contributed by atoms with Gasteiger partial charge in [-0.05, 0) is 53.7 Å². The molecule has 0 saturated heterocycles. The van der Waals surface area contributed by atoms with Crippen LogP contribution < -0.4 is 5.56 Å². The maximum atomic E-state index is 13.9. The van der Waals surface area contributed by atoms with Crippen LogP contribution in [0.1, 0.15) is 0 Å². The fraction of sp³-hybridized carbons (Fsp3) is 0. The maximum Gasteiger partial charge on any atom is 0.256 e. The van der Waals surface area contributed by atoms with Gasteiger partial charge < -0.3 is 9.97 Å². The van der Waals surface area contributed by atoms with Crippen LogP contribution in [0.4, 0.5) is 4.39 Å². The summed E-state index contributed by atoms with van der Waals surface area (Å²) in [6.45, 7) is 0. The number of aromatic nitrogens is 5. The van der Waals surface area contributed by atoms with Crippen molar-refractivity contribution in [1.29, 1.82) is 0 Å². The summed E-state index contributed by atoms with van der Waals surface area (Å²) in [7, 11) is 0. The molecule has 0 bridgehead atoms. The summed E-state index contributed by atoms with van der Waals surface area (Å²) in [4.78, 5) is 31.0. The molecule has 0 fully saturated rings. The highest BCUT2D eigenvalue weighted by Gasteiger charge is 2.16. The van der Waals surface area contributed by atoms with Gasteiger partial charge >= 0.3 is 0 Å². The Morgan fingerprint density at radius 2 is 1.96 bits per heavy atom. The minimum absolute atomic E-state index is 0.147. The molecule has 3 aromatic heterocycles. The molecular weight excluding hydrogens is 389 g/mol. The Bertz CT molecular complexity index is 1410. The molecule has 0 spiro atoms. The number of nitrogens with one attached hydrogen (secondary N) is 2. The number of hydrogen-bond donors (Lipinski definition) is 2. The first-order valence-corrected chi connectivity index (χ1v) is 9.08. The summed E-state index contributed by atoms with van der Waals surface area (Å²) < 4.78 is 13.9. The predicted octanol–water partition coefficient (Wildman–Crippen LogP) is 4.29. The third kappa shape index (κ3) is 2.65. The molecule has 0 radical (unpaired) electrons. The average Bonchev–Trinajstić information content (AvgIpc) is 3.05. The lowest BCUT2D eigenvalue weighted by molar-refractivity contribution is 0.630. The first-order chi connectivity index (χ1) is 13.1.